The topological polar surface area (TPSA) is 82.2 Å². The Kier molecular flexibility index (Phi) is 5.55. The van der Waals surface area contributed by atoms with Crippen molar-refractivity contribution in [2.45, 2.75) is 26.8 Å². The van der Waals surface area contributed by atoms with Crippen LogP contribution in [-0.2, 0) is 13.0 Å². The quantitative estimate of drug-likeness (QED) is 0.325. The number of carbonyl (C=O) groups excluding carboxylic acids is 1. The lowest BCUT2D eigenvalue weighted by molar-refractivity contribution is 0.0972. The zero-order chi connectivity index (χ0) is 23.1. The molecule has 0 fully saturated rings. The summed E-state index contributed by atoms with van der Waals surface area (Å²) in [6.07, 6.45) is 4.15. The number of rotatable bonds is 6. The van der Waals surface area contributed by atoms with Crippen molar-refractivity contribution in [1.29, 1.82) is 0 Å². The van der Waals surface area contributed by atoms with E-state index in [0.717, 1.165) is 27.8 Å². The Morgan fingerprint density at radius 2 is 1.85 bits per heavy atom. The molecule has 1 aromatic carbocycles. The maximum Gasteiger partial charge on any atom is 0.352 e. The molecule has 7 nitrogen and oxygen atoms in total. The number of halogens is 1. The van der Waals surface area contributed by atoms with Crippen LogP contribution in [-0.4, -0.2) is 29.9 Å². The normalized spacial score (nSPS) is 11.6. The maximum atomic E-state index is 13.5. The highest BCUT2D eigenvalue weighted by molar-refractivity contribution is 7.17. The van der Waals surface area contributed by atoms with Crippen molar-refractivity contribution in [2.75, 3.05) is 0 Å². The van der Waals surface area contributed by atoms with E-state index in [0.29, 0.717) is 28.0 Å². The first-order valence-corrected chi connectivity index (χ1v) is 11.8. The number of ketones is 1. The fraction of sp³-hybridized carbons (Fsp3) is 0.208. The Morgan fingerprint density at radius 1 is 1.12 bits per heavy atom. The number of carbonyl (C=O) groups is 1. The van der Waals surface area contributed by atoms with E-state index >= 15 is 0 Å². The van der Waals surface area contributed by atoms with Crippen LogP contribution < -0.4 is 5.69 Å². The van der Waals surface area contributed by atoms with Gasteiger partial charge in [0.1, 0.15) is 4.83 Å². The van der Waals surface area contributed by atoms with Gasteiger partial charge in [-0.1, -0.05) is 25.4 Å². The van der Waals surface area contributed by atoms with Gasteiger partial charge in [0.25, 0.3) is 0 Å². The van der Waals surface area contributed by atoms with Crippen molar-refractivity contribution in [3.63, 3.8) is 0 Å². The van der Waals surface area contributed by atoms with Gasteiger partial charge in [0.05, 0.1) is 11.9 Å². The van der Waals surface area contributed by atoms with Crippen molar-refractivity contribution < 1.29 is 4.79 Å². The molecule has 0 saturated heterocycles. The highest BCUT2D eigenvalue weighted by atomic mass is 35.5. The predicted octanol–water partition coefficient (Wildman–Crippen LogP) is 4.90. The van der Waals surface area contributed by atoms with Crippen molar-refractivity contribution in [1.82, 2.24) is 24.1 Å². The Balaban J connectivity index is 1.72. The average Bonchev–Trinajstić information content (AvgIpc) is 3.42. The largest absolute Gasteiger partial charge is 0.352 e. The minimum atomic E-state index is -0.398. The predicted molar refractivity (Wildman–Crippen MR) is 130 cm³/mol. The summed E-state index contributed by atoms with van der Waals surface area (Å²) in [5.41, 5.74) is 2.47. The van der Waals surface area contributed by atoms with Gasteiger partial charge in [0.15, 0.2) is 17.3 Å². The Labute approximate surface area is 198 Å². The van der Waals surface area contributed by atoms with Gasteiger partial charge in [0.2, 0.25) is 0 Å². The van der Waals surface area contributed by atoms with E-state index in [1.54, 1.807) is 48.8 Å². The number of hydrogen-bond acceptors (Lipinski definition) is 6. The molecule has 166 valence electrons. The molecule has 4 aromatic heterocycles. The summed E-state index contributed by atoms with van der Waals surface area (Å²) in [7, 11) is 0. The molecule has 0 aliphatic carbocycles. The summed E-state index contributed by atoms with van der Waals surface area (Å²) >= 11 is 7.41. The van der Waals surface area contributed by atoms with E-state index in [4.69, 9.17) is 16.6 Å². The van der Waals surface area contributed by atoms with Crippen molar-refractivity contribution in [3.8, 4) is 11.4 Å². The van der Waals surface area contributed by atoms with Gasteiger partial charge in [-0.05, 0) is 59.7 Å². The minimum absolute atomic E-state index is 0.0982. The third-order valence-corrected chi connectivity index (χ3v) is 6.67. The van der Waals surface area contributed by atoms with Gasteiger partial charge in [-0.3, -0.25) is 14.3 Å². The average molecular weight is 478 g/mol. The number of nitrogens with zero attached hydrogens (tertiary/aromatic N) is 5. The smallest absolute Gasteiger partial charge is 0.292 e. The van der Waals surface area contributed by atoms with Crippen LogP contribution in [0.15, 0.2) is 59.0 Å². The summed E-state index contributed by atoms with van der Waals surface area (Å²) in [4.78, 5) is 36.0. The zero-order valence-corrected chi connectivity index (χ0v) is 19.6. The third-order valence-electron chi connectivity index (χ3n) is 5.37. The lowest BCUT2D eigenvalue weighted by Gasteiger charge is -2.09. The SMILES string of the molecule is CC(C)Cc1csc2c1c1nc(-c3ccncc3)nn1c(=O)n2CC(=O)c1ccc(Cl)cc1. The Hall–Kier alpha value is -3.36. The summed E-state index contributed by atoms with van der Waals surface area (Å²) in [5.74, 6) is 0.684. The van der Waals surface area contributed by atoms with Crippen LogP contribution in [0.5, 0.6) is 0 Å². The molecule has 0 amide bonds. The first kappa shape index (κ1) is 21.5. The van der Waals surface area contributed by atoms with Crippen LogP contribution >= 0.6 is 22.9 Å². The molecule has 0 atom stereocenters. The fourth-order valence-electron chi connectivity index (χ4n) is 3.85. The number of aromatic nitrogens is 5. The van der Waals surface area contributed by atoms with E-state index in [1.807, 2.05) is 5.38 Å². The summed E-state index contributed by atoms with van der Waals surface area (Å²) < 4.78 is 2.81. The van der Waals surface area contributed by atoms with Gasteiger partial charge < -0.3 is 0 Å². The Bertz CT molecular complexity index is 1530. The molecule has 0 saturated carbocycles. The standard InChI is InChI=1S/C24H20ClN5O2S/c1-14(2)11-17-13-33-23-20(17)22-27-21(16-7-9-26-10-8-16)28-30(22)24(32)29(23)12-19(31)15-3-5-18(25)6-4-15/h3-10,13-14H,11-12H2,1-2H3. The van der Waals surface area contributed by atoms with E-state index in [1.165, 1.54) is 20.4 Å². The van der Waals surface area contributed by atoms with Crippen molar-refractivity contribution in [2.24, 2.45) is 5.92 Å². The molecule has 0 bridgehead atoms. The number of Topliss-reactive ketones (excluding diaryl/α,β-unsaturated/α-hetero) is 1. The molecule has 0 N–H and O–H groups in total. The second-order valence-electron chi connectivity index (χ2n) is 8.24. The molecule has 0 aliphatic rings. The third kappa shape index (κ3) is 3.96. The van der Waals surface area contributed by atoms with Gasteiger partial charge in [-0.15, -0.1) is 16.4 Å². The van der Waals surface area contributed by atoms with E-state index in [2.05, 4.69) is 23.9 Å². The second kappa shape index (κ2) is 8.53. The monoisotopic (exact) mass is 477 g/mol. The first-order valence-electron chi connectivity index (χ1n) is 10.5. The van der Waals surface area contributed by atoms with Crippen LogP contribution in [0.25, 0.3) is 27.3 Å². The van der Waals surface area contributed by atoms with E-state index in [-0.39, 0.29) is 12.3 Å². The number of thiophene rings is 1. The van der Waals surface area contributed by atoms with E-state index in [9.17, 15) is 9.59 Å². The molecule has 0 unspecified atom stereocenters. The van der Waals surface area contributed by atoms with Crippen molar-refractivity contribution >= 4 is 44.6 Å². The second-order valence-corrected chi connectivity index (χ2v) is 9.54. The van der Waals surface area contributed by atoms with Gasteiger partial charge >= 0.3 is 5.69 Å². The molecule has 4 heterocycles. The number of hydrogen-bond donors (Lipinski definition) is 0. The highest BCUT2D eigenvalue weighted by Crippen LogP contribution is 2.31. The van der Waals surface area contributed by atoms with Gasteiger partial charge in [-0.25, -0.2) is 9.78 Å². The van der Waals surface area contributed by atoms with Crippen LogP contribution in [0.2, 0.25) is 5.02 Å². The zero-order valence-electron chi connectivity index (χ0n) is 18.0. The maximum absolute atomic E-state index is 13.5. The molecule has 9 heteroatoms. The first-order chi connectivity index (χ1) is 15.9. The molecule has 33 heavy (non-hydrogen) atoms. The molecule has 5 rings (SSSR count). The molecule has 0 spiro atoms. The number of fused-ring (bicyclic) bond motifs is 3. The van der Waals surface area contributed by atoms with Crippen LogP contribution in [0.3, 0.4) is 0 Å². The molecule has 5 aromatic rings. The fourth-order valence-corrected chi connectivity index (χ4v) is 5.06. The number of benzene rings is 1. The van der Waals surface area contributed by atoms with Gasteiger partial charge in [-0.2, -0.15) is 4.52 Å². The summed E-state index contributed by atoms with van der Waals surface area (Å²) in [6.45, 7) is 4.19. The lowest BCUT2D eigenvalue weighted by atomic mass is 10.0. The van der Waals surface area contributed by atoms with Crippen LogP contribution in [0.4, 0.5) is 0 Å². The molecular weight excluding hydrogens is 458 g/mol. The minimum Gasteiger partial charge on any atom is -0.292 e. The lowest BCUT2D eigenvalue weighted by Crippen LogP contribution is -2.30. The van der Waals surface area contributed by atoms with Crippen molar-refractivity contribution in [3.05, 3.63) is 80.8 Å². The number of pyridine rings is 1. The summed E-state index contributed by atoms with van der Waals surface area (Å²) in [6, 6.07) is 10.3. The Morgan fingerprint density at radius 3 is 2.55 bits per heavy atom. The van der Waals surface area contributed by atoms with Crippen LogP contribution in [0, 0.1) is 5.92 Å². The summed E-state index contributed by atoms with van der Waals surface area (Å²) in [5, 5.41) is 7.97. The molecule has 0 aliphatic heterocycles. The van der Waals surface area contributed by atoms with Gasteiger partial charge in [0, 0.05) is 28.5 Å². The highest BCUT2D eigenvalue weighted by Gasteiger charge is 2.22. The molecule has 0 radical (unpaired) electrons. The molecular formula is C24H20ClN5O2S. The van der Waals surface area contributed by atoms with E-state index < -0.39 is 5.69 Å². The van der Waals surface area contributed by atoms with Crippen LogP contribution in [0.1, 0.15) is 29.8 Å².